The summed E-state index contributed by atoms with van der Waals surface area (Å²) in [6, 6.07) is 0. The molecule has 4 heteroatoms. The maximum atomic E-state index is 11.4. The summed E-state index contributed by atoms with van der Waals surface area (Å²) in [4.78, 5) is 22.4. The molecular weight excluding hydrogens is 196 g/mol. The van der Waals surface area contributed by atoms with E-state index in [2.05, 4.69) is 0 Å². The van der Waals surface area contributed by atoms with Crippen LogP contribution in [0.2, 0.25) is 0 Å². The van der Waals surface area contributed by atoms with Crippen molar-refractivity contribution in [3.05, 3.63) is 11.6 Å². The molecule has 0 spiro atoms. The molecule has 1 unspecified atom stereocenters. The van der Waals surface area contributed by atoms with Crippen LogP contribution >= 0.6 is 0 Å². The summed E-state index contributed by atoms with van der Waals surface area (Å²) in [5.41, 5.74) is 0.0434. The molecule has 0 saturated carbocycles. The van der Waals surface area contributed by atoms with Crippen LogP contribution in [-0.4, -0.2) is 23.6 Å². The third-order valence-corrected chi connectivity index (χ3v) is 1.80. The van der Waals surface area contributed by atoms with Crippen molar-refractivity contribution in [2.75, 3.05) is 0 Å². The fraction of sp³-hybridized carbons (Fsp3) is 0.636. The summed E-state index contributed by atoms with van der Waals surface area (Å²) in [6.45, 7) is 7.06. The summed E-state index contributed by atoms with van der Waals surface area (Å²) in [6.07, 6.45) is 1.26. The standard InChI is InChI=1S/C11H16O4/c1-7-5-8(14-10(7)13)6-9(12)15-11(2,3)4/h5,8H,6H2,1-4H3. The molecule has 4 nitrogen and oxygen atoms in total. The third-order valence-electron chi connectivity index (χ3n) is 1.80. The molecule has 1 aliphatic heterocycles. The Labute approximate surface area is 89.2 Å². The predicted molar refractivity (Wildman–Crippen MR) is 54.1 cm³/mol. The van der Waals surface area contributed by atoms with E-state index in [0.29, 0.717) is 5.57 Å². The molecule has 0 bridgehead atoms. The zero-order valence-electron chi connectivity index (χ0n) is 9.49. The van der Waals surface area contributed by atoms with Gasteiger partial charge in [-0.2, -0.15) is 0 Å². The number of carbonyl (C=O) groups excluding carboxylic acids is 2. The average molecular weight is 212 g/mol. The van der Waals surface area contributed by atoms with E-state index >= 15 is 0 Å². The number of hydrogen-bond acceptors (Lipinski definition) is 4. The molecule has 0 saturated heterocycles. The fourth-order valence-electron chi connectivity index (χ4n) is 1.26. The molecule has 0 aliphatic carbocycles. The van der Waals surface area contributed by atoms with Crippen LogP contribution in [-0.2, 0) is 19.1 Å². The summed E-state index contributed by atoms with van der Waals surface area (Å²) < 4.78 is 10.0. The number of cyclic esters (lactones) is 1. The molecule has 1 heterocycles. The summed E-state index contributed by atoms with van der Waals surface area (Å²) in [5, 5.41) is 0. The van der Waals surface area contributed by atoms with Gasteiger partial charge in [0.2, 0.25) is 0 Å². The van der Waals surface area contributed by atoms with Gasteiger partial charge in [-0.05, 0) is 33.8 Å². The van der Waals surface area contributed by atoms with Crippen LogP contribution in [0.1, 0.15) is 34.1 Å². The summed E-state index contributed by atoms with van der Waals surface area (Å²) >= 11 is 0. The van der Waals surface area contributed by atoms with E-state index in [-0.39, 0.29) is 18.4 Å². The Morgan fingerprint density at radius 3 is 2.53 bits per heavy atom. The fourth-order valence-corrected chi connectivity index (χ4v) is 1.26. The van der Waals surface area contributed by atoms with Gasteiger partial charge in [0.25, 0.3) is 0 Å². The Morgan fingerprint density at radius 1 is 1.53 bits per heavy atom. The van der Waals surface area contributed by atoms with E-state index in [1.807, 2.05) is 0 Å². The molecule has 0 aromatic carbocycles. The van der Waals surface area contributed by atoms with E-state index in [0.717, 1.165) is 0 Å². The quantitative estimate of drug-likeness (QED) is 0.652. The lowest BCUT2D eigenvalue weighted by molar-refractivity contribution is -0.158. The van der Waals surface area contributed by atoms with E-state index in [4.69, 9.17) is 9.47 Å². The van der Waals surface area contributed by atoms with Crippen LogP contribution in [0.5, 0.6) is 0 Å². The van der Waals surface area contributed by atoms with Crippen molar-refractivity contribution in [1.29, 1.82) is 0 Å². The van der Waals surface area contributed by atoms with Gasteiger partial charge in [0, 0.05) is 5.57 Å². The monoisotopic (exact) mass is 212 g/mol. The SMILES string of the molecule is CC1=CC(CC(=O)OC(C)(C)C)OC1=O. The largest absolute Gasteiger partial charge is 0.460 e. The lowest BCUT2D eigenvalue weighted by Gasteiger charge is -2.20. The second kappa shape index (κ2) is 4.04. The molecule has 84 valence electrons. The molecule has 0 aromatic heterocycles. The molecule has 0 fully saturated rings. The smallest absolute Gasteiger partial charge is 0.334 e. The molecule has 0 amide bonds. The van der Waals surface area contributed by atoms with Crippen LogP contribution in [0.4, 0.5) is 0 Å². The zero-order valence-corrected chi connectivity index (χ0v) is 9.49. The summed E-state index contributed by atoms with van der Waals surface area (Å²) in [7, 11) is 0. The Hall–Kier alpha value is -1.32. The molecular formula is C11H16O4. The minimum atomic E-state index is -0.502. The van der Waals surface area contributed by atoms with Crippen LogP contribution in [0.3, 0.4) is 0 Å². The second-order valence-corrected chi connectivity index (χ2v) is 4.58. The Morgan fingerprint density at radius 2 is 2.13 bits per heavy atom. The zero-order chi connectivity index (χ0) is 11.6. The Bertz CT molecular complexity index is 309. The van der Waals surface area contributed by atoms with Crippen molar-refractivity contribution in [3.8, 4) is 0 Å². The molecule has 1 rings (SSSR count). The second-order valence-electron chi connectivity index (χ2n) is 4.58. The van der Waals surface area contributed by atoms with Crippen LogP contribution < -0.4 is 0 Å². The van der Waals surface area contributed by atoms with Crippen molar-refractivity contribution < 1.29 is 19.1 Å². The van der Waals surface area contributed by atoms with Gasteiger partial charge in [-0.3, -0.25) is 4.79 Å². The Kier molecular flexibility index (Phi) is 3.17. The van der Waals surface area contributed by atoms with E-state index in [1.54, 1.807) is 33.8 Å². The van der Waals surface area contributed by atoms with Crippen molar-refractivity contribution in [2.24, 2.45) is 0 Å². The van der Waals surface area contributed by atoms with Gasteiger partial charge >= 0.3 is 11.9 Å². The normalized spacial score (nSPS) is 20.9. The van der Waals surface area contributed by atoms with E-state index < -0.39 is 11.7 Å². The van der Waals surface area contributed by atoms with Crippen LogP contribution in [0.15, 0.2) is 11.6 Å². The molecule has 1 atom stereocenters. The van der Waals surface area contributed by atoms with Gasteiger partial charge in [0.15, 0.2) is 0 Å². The highest BCUT2D eigenvalue weighted by atomic mass is 16.6. The Balaban J connectivity index is 2.44. The first kappa shape index (κ1) is 11.8. The predicted octanol–water partition coefficient (Wildman–Crippen LogP) is 1.59. The van der Waals surface area contributed by atoms with E-state index in [1.165, 1.54) is 0 Å². The first-order chi connectivity index (χ1) is 6.78. The van der Waals surface area contributed by atoms with Gasteiger partial charge < -0.3 is 9.47 Å². The van der Waals surface area contributed by atoms with Gasteiger partial charge in [0.1, 0.15) is 11.7 Å². The molecule has 0 N–H and O–H groups in total. The van der Waals surface area contributed by atoms with Crippen LogP contribution in [0, 0.1) is 0 Å². The topological polar surface area (TPSA) is 52.6 Å². The number of carbonyl (C=O) groups is 2. The molecule has 15 heavy (non-hydrogen) atoms. The number of rotatable bonds is 2. The highest BCUT2D eigenvalue weighted by Gasteiger charge is 2.26. The average Bonchev–Trinajstić information content (AvgIpc) is 2.26. The lowest BCUT2D eigenvalue weighted by Crippen LogP contribution is -2.26. The highest BCUT2D eigenvalue weighted by molar-refractivity contribution is 5.90. The lowest BCUT2D eigenvalue weighted by atomic mass is 10.2. The first-order valence-corrected chi connectivity index (χ1v) is 4.89. The highest BCUT2D eigenvalue weighted by Crippen LogP contribution is 2.17. The van der Waals surface area contributed by atoms with Crippen molar-refractivity contribution in [2.45, 2.75) is 45.8 Å². The van der Waals surface area contributed by atoms with Gasteiger partial charge in [0.05, 0.1) is 6.42 Å². The van der Waals surface area contributed by atoms with Crippen molar-refractivity contribution in [1.82, 2.24) is 0 Å². The van der Waals surface area contributed by atoms with Gasteiger partial charge in [-0.15, -0.1) is 0 Å². The van der Waals surface area contributed by atoms with Crippen molar-refractivity contribution in [3.63, 3.8) is 0 Å². The third kappa shape index (κ3) is 3.73. The maximum Gasteiger partial charge on any atom is 0.334 e. The number of esters is 2. The van der Waals surface area contributed by atoms with Gasteiger partial charge in [-0.25, -0.2) is 4.79 Å². The first-order valence-electron chi connectivity index (χ1n) is 4.89. The van der Waals surface area contributed by atoms with Crippen molar-refractivity contribution >= 4 is 11.9 Å². The minimum absolute atomic E-state index is 0.0837. The van der Waals surface area contributed by atoms with Crippen LogP contribution in [0.25, 0.3) is 0 Å². The molecule has 0 aromatic rings. The van der Waals surface area contributed by atoms with Gasteiger partial charge in [-0.1, -0.05) is 0 Å². The summed E-state index contributed by atoms with van der Waals surface area (Å²) in [5.74, 6) is -0.713. The minimum Gasteiger partial charge on any atom is -0.460 e. The molecule has 0 radical (unpaired) electrons. The van der Waals surface area contributed by atoms with E-state index in [9.17, 15) is 9.59 Å². The number of hydrogen-bond donors (Lipinski definition) is 0. The number of ether oxygens (including phenoxy) is 2. The molecule has 1 aliphatic rings. The maximum absolute atomic E-state index is 11.4.